The van der Waals surface area contributed by atoms with Gasteiger partial charge in [0.2, 0.25) is 11.8 Å². The molecule has 2 aliphatic heterocycles. The molecule has 0 saturated carbocycles. The Kier molecular flexibility index (Phi) is 6.20. The second-order valence-electron chi connectivity index (χ2n) is 8.31. The van der Waals surface area contributed by atoms with Crippen molar-refractivity contribution in [1.82, 2.24) is 9.80 Å². The van der Waals surface area contributed by atoms with E-state index in [1.165, 1.54) is 11.1 Å². The molecule has 27 heavy (non-hydrogen) atoms. The van der Waals surface area contributed by atoms with Crippen molar-refractivity contribution < 1.29 is 14.3 Å². The molecule has 2 heterocycles. The monoisotopic (exact) mass is 372 g/mol. The molecule has 5 heteroatoms. The lowest BCUT2D eigenvalue weighted by Gasteiger charge is -2.39. The van der Waals surface area contributed by atoms with Crippen molar-refractivity contribution in [2.24, 2.45) is 5.41 Å². The summed E-state index contributed by atoms with van der Waals surface area (Å²) >= 11 is 0. The predicted octanol–water partition coefficient (Wildman–Crippen LogP) is 3.19. The Balaban J connectivity index is 1.64. The van der Waals surface area contributed by atoms with Gasteiger partial charge in [0.1, 0.15) is 0 Å². The highest BCUT2D eigenvalue weighted by Crippen LogP contribution is 2.40. The average Bonchev–Trinajstić information content (AvgIpc) is 3.09. The number of amides is 2. The van der Waals surface area contributed by atoms with Gasteiger partial charge in [0.05, 0.1) is 18.4 Å². The molecule has 148 valence electrons. The van der Waals surface area contributed by atoms with Crippen molar-refractivity contribution in [3.8, 4) is 0 Å². The van der Waals surface area contributed by atoms with E-state index in [2.05, 4.69) is 38.1 Å². The van der Waals surface area contributed by atoms with Crippen LogP contribution in [0.25, 0.3) is 0 Å². The molecule has 0 radical (unpaired) electrons. The maximum absolute atomic E-state index is 13.3. The summed E-state index contributed by atoms with van der Waals surface area (Å²) < 4.78 is 5.01. The van der Waals surface area contributed by atoms with Crippen molar-refractivity contribution in [1.29, 1.82) is 0 Å². The van der Waals surface area contributed by atoms with Crippen LogP contribution in [0.4, 0.5) is 0 Å². The fourth-order valence-electron chi connectivity index (χ4n) is 4.34. The zero-order valence-corrected chi connectivity index (χ0v) is 16.9. The Morgan fingerprint density at radius 3 is 2.59 bits per heavy atom. The third-order valence-electron chi connectivity index (χ3n) is 6.07. The van der Waals surface area contributed by atoms with Gasteiger partial charge in [0, 0.05) is 33.3 Å². The van der Waals surface area contributed by atoms with Crippen LogP contribution in [-0.4, -0.2) is 55.0 Å². The molecule has 2 fully saturated rings. The quantitative estimate of drug-likeness (QED) is 0.771. The number of carbonyl (C=O) groups excluding carboxylic acids is 2. The van der Waals surface area contributed by atoms with Crippen LogP contribution in [0.2, 0.25) is 0 Å². The zero-order chi connectivity index (χ0) is 19.4. The minimum atomic E-state index is -0.376. The first-order valence-electron chi connectivity index (χ1n) is 10.1. The Morgan fingerprint density at radius 1 is 1.19 bits per heavy atom. The number of rotatable bonds is 6. The molecule has 1 aromatic carbocycles. The van der Waals surface area contributed by atoms with Crippen LogP contribution in [0.5, 0.6) is 0 Å². The first-order chi connectivity index (χ1) is 12.9. The number of nitrogens with zero attached hydrogens (tertiary/aromatic N) is 2. The number of ether oxygens (including phenoxy) is 1. The van der Waals surface area contributed by atoms with Gasteiger partial charge in [0.15, 0.2) is 0 Å². The molecule has 2 amide bonds. The van der Waals surface area contributed by atoms with Gasteiger partial charge in [-0.25, -0.2) is 0 Å². The smallest absolute Gasteiger partial charge is 0.230 e. The van der Waals surface area contributed by atoms with Crippen molar-refractivity contribution in [3.63, 3.8) is 0 Å². The molecular formula is C22H32N2O3. The third kappa shape index (κ3) is 4.34. The zero-order valence-electron chi connectivity index (χ0n) is 16.9. The van der Waals surface area contributed by atoms with Crippen LogP contribution in [0.1, 0.15) is 56.6 Å². The van der Waals surface area contributed by atoms with Gasteiger partial charge in [0.25, 0.3) is 0 Å². The summed E-state index contributed by atoms with van der Waals surface area (Å²) in [6.07, 6.45) is 3.08. The molecule has 5 nitrogen and oxygen atoms in total. The number of benzene rings is 1. The van der Waals surface area contributed by atoms with Crippen LogP contribution in [0.3, 0.4) is 0 Å². The van der Waals surface area contributed by atoms with Crippen LogP contribution in [0.15, 0.2) is 24.3 Å². The molecule has 0 aromatic heterocycles. The highest BCUT2D eigenvalue weighted by atomic mass is 16.5. The van der Waals surface area contributed by atoms with E-state index in [1.54, 1.807) is 7.11 Å². The van der Waals surface area contributed by atoms with Gasteiger partial charge in [-0.05, 0) is 36.3 Å². The van der Waals surface area contributed by atoms with E-state index in [4.69, 9.17) is 4.74 Å². The Bertz CT molecular complexity index is 671. The summed E-state index contributed by atoms with van der Waals surface area (Å²) in [5.41, 5.74) is 2.12. The minimum Gasteiger partial charge on any atom is -0.384 e. The van der Waals surface area contributed by atoms with Crippen molar-refractivity contribution in [2.45, 2.75) is 52.0 Å². The molecule has 2 aliphatic rings. The lowest BCUT2D eigenvalue weighted by atomic mass is 9.78. The second-order valence-corrected chi connectivity index (χ2v) is 8.31. The van der Waals surface area contributed by atoms with Crippen molar-refractivity contribution in [3.05, 3.63) is 35.4 Å². The number of carbonyl (C=O) groups is 2. The topological polar surface area (TPSA) is 49.9 Å². The van der Waals surface area contributed by atoms with Crippen LogP contribution >= 0.6 is 0 Å². The van der Waals surface area contributed by atoms with Crippen molar-refractivity contribution >= 4 is 11.8 Å². The number of hydrogen-bond acceptors (Lipinski definition) is 3. The summed E-state index contributed by atoms with van der Waals surface area (Å²) in [5.74, 6) is 0.839. The van der Waals surface area contributed by atoms with Crippen LogP contribution in [0, 0.1) is 5.41 Å². The third-order valence-corrected chi connectivity index (χ3v) is 6.07. The largest absolute Gasteiger partial charge is 0.384 e. The minimum absolute atomic E-state index is 0.0999. The molecule has 1 aromatic rings. The number of likely N-dealkylation sites (tertiary alicyclic amines) is 2. The normalized spacial score (nSPS) is 22.9. The molecule has 3 rings (SSSR count). The van der Waals surface area contributed by atoms with Gasteiger partial charge in [-0.2, -0.15) is 0 Å². The number of methoxy groups -OCH3 is 1. The second kappa shape index (κ2) is 8.42. The molecule has 0 aliphatic carbocycles. The Labute approximate surface area is 162 Å². The van der Waals surface area contributed by atoms with Gasteiger partial charge in [-0.1, -0.05) is 38.1 Å². The Hall–Kier alpha value is -1.88. The van der Waals surface area contributed by atoms with E-state index in [0.717, 1.165) is 25.8 Å². The summed E-state index contributed by atoms with van der Waals surface area (Å²) in [5, 5.41) is 0. The van der Waals surface area contributed by atoms with Gasteiger partial charge in [-0.3, -0.25) is 9.59 Å². The van der Waals surface area contributed by atoms with E-state index < -0.39 is 0 Å². The van der Waals surface area contributed by atoms with Crippen LogP contribution < -0.4 is 0 Å². The maximum atomic E-state index is 13.3. The van der Waals surface area contributed by atoms with E-state index >= 15 is 0 Å². The first kappa shape index (κ1) is 19.9. The molecular weight excluding hydrogens is 340 g/mol. The van der Waals surface area contributed by atoms with E-state index in [0.29, 0.717) is 38.6 Å². The van der Waals surface area contributed by atoms with Gasteiger partial charge >= 0.3 is 0 Å². The fraction of sp³-hybridized carbons (Fsp3) is 0.636. The molecule has 0 bridgehead atoms. The molecule has 1 atom stereocenters. The van der Waals surface area contributed by atoms with E-state index in [9.17, 15) is 9.59 Å². The Morgan fingerprint density at radius 2 is 1.93 bits per heavy atom. The van der Waals surface area contributed by atoms with Crippen molar-refractivity contribution in [2.75, 3.05) is 33.4 Å². The van der Waals surface area contributed by atoms with E-state index in [-0.39, 0.29) is 17.2 Å². The highest BCUT2D eigenvalue weighted by molar-refractivity contribution is 5.86. The van der Waals surface area contributed by atoms with Gasteiger partial charge in [-0.15, -0.1) is 0 Å². The highest BCUT2D eigenvalue weighted by Gasteiger charge is 2.49. The van der Waals surface area contributed by atoms with Gasteiger partial charge < -0.3 is 14.5 Å². The summed E-state index contributed by atoms with van der Waals surface area (Å²) in [6, 6.07) is 8.60. The molecule has 1 unspecified atom stereocenters. The summed E-state index contributed by atoms with van der Waals surface area (Å²) in [4.78, 5) is 29.4. The van der Waals surface area contributed by atoms with Crippen LogP contribution in [-0.2, 0) is 20.9 Å². The summed E-state index contributed by atoms with van der Waals surface area (Å²) in [7, 11) is 1.61. The maximum Gasteiger partial charge on any atom is 0.230 e. The lowest BCUT2D eigenvalue weighted by molar-refractivity contribution is -0.146. The lowest BCUT2D eigenvalue weighted by Crippen LogP contribution is -2.50. The molecule has 0 N–H and O–H groups in total. The van der Waals surface area contributed by atoms with E-state index in [1.807, 2.05) is 9.80 Å². The number of hydrogen-bond donors (Lipinski definition) is 0. The molecule has 2 saturated heterocycles. The fourth-order valence-corrected chi connectivity index (χ4v) is 4.34. The SMILES string of the molecule is COCCC(=O)N1CCC2(CCCN(Cc3ccc(C(C)C)cc3)C2=O)C1. The number of piperidine rings is 1. The molecule has 1 spiro atoms. The summed E-state index contributed by atoms with van der Waals surface area (Å²) in [6.45, 7) is 7.54. The average molecular weight is 373 g/mol. The predicted molar refractivity (Wildman–Crippen MR) is 105 cm³/mol. The first-order valence-corrected chi connectivity index (χ1v) is 10.1. The standard InChI is InChI=1S/C22H32N2O3/c1-17(2)19-7-5-18(6-8-19)15-23-12-4-10-22(21(23)26)11-13-24(16-22)20(25)9-14-27-3/h5-8,17H,4,9-16H2,1-3H3.